The van der Waals surface area contributed by atoms with Crippen LogP contribution in [0.15, 0.2) is 41.7 Å². The van der Waals surface area contributed by atoms with Gasteiger partial charge in [0.05, 0.1) is 29.7 Å². The van der Waals surface area contributed by atoms with E-state index in [2.05, 4.69) is 6.58 Å². The molecule has 0 aliphatic heterocycles. The van der Waals surface area contributed by atoms with E-state index >= 15 is 0 Å². The Morgan fingerprint density at radius 3 is 2.35 bits per heavy atom. The minimum atomic E-state index is -2.79. The van der Waals surface area contributed by atoms with Gasteiger partial charge in [0.1, 0.15) is 22.8 Å². The number of nitrogens with two attached hydrogens (primary N) is 1. The molecular weight excluding hydrogens is 630 g/mol. The van der Waals surface area contributed by atoms with E-state index in [-0.39, 0.29) is 48.2 Å². The number of nitrogens with zero attached hydrogens (tertiary/aromatic N) is 2. The van der Waals surface area contributed by atoms with Crippen molar-refractivity contribution in [2.24, 2.45) is 23.0 Å². The van der Waals surface area contributed by atoms with Crippen molar-refractivity contribution < 1.29 is 59.0 Å². The van der Waals surface area contributed by atoms with E-state index in [1.807, 2.05) is 0 Å². The average molecular weight is 672 g/mol. The summed E-state index contributed by atoms with van der Waals surface area (Å²) in [7, 11) is 2.99. The van der Waals surface area contributed by atoms with Crippen LogP contribution < -0.4 is 5.73 Å². The number of phenolic OH excluding ortho intramolecular Hbond substituents is 1. The molecule has 0 saturated heterocycles. The highest BCUT2D eigenvalue weighted by atomic mass is 16.7. The first kappa shape index (κ1) is 36.1. The second-order valence-corrected chi connectivity index (χ2v) is 13.4. The molecule has 5 atom stereocenters. The third-order valence-corrected chi connectivity index (χ3v) is 8.99. The molecule has 260 valence electrons. The van der Waals surface area contributed by atoms with Crippen LogP contribution in [0.3, 0.4) is 0 Å². The largest absolute Gasteiger partial charge is 0.508 e. The van der Waals surface area contributed by atoms with Crippen LogP contribution in [-0.2, 0) is 35.1 Å². The van der Waals surface area contributed by atoms with E-state index in [0.29, 0.717) is 0 Å². The topological polar surface area (TPSA) is 237 Å². The van der Waals surface area contributed by atoms with Crippen molar-refractivity contribution in [2.75, 3.05) is 34.0 Å². The molecule has 1 saturated carbocycles. The number of carbonyl (C=O) groups is 5. The van der Waals surface area contributed by atoms with Crippen LogP contribution in [0.25, 0.3) is 5.76 Å². The molecule has 4 rings (SSSR count). The highest BCUT2D eigenvalue weighted by Crippen LogP contribution is 2.53. The van der Waals surface area contributed by atoms with Crippen molar-refractivity contribution in [3.05, 3.63) is 58.4 Å². The molecule has 0 spiro atoms. The number of aliphatic hydroxyl groups excluding tert-OH is 3. The Morgan fingerprint density at radius 2 is 1.79 bits per heavy atom. The Bertz CT molecular complexity index is 1640. The zero-order chi connectivity index (χ0) is 36.0. The normalized spacial score (nSPS) is 24.4. The second kappa shape index (κ2) is 13.1. The molecule has 0 radical (unpaired) electrons. The number of primary amides is 1. The van der Waals surface area contributed by atoms with Gasteiger partial charge < -0.3 is 45.6 Å². The summed E-state index contributed by atoms with van der Waals surface area (Å²) >= 11 is 0. The third kappa shape index (κ3) is 6.04. The summed E-state index contributed by atoms with van der Waals surface area (Å²) in [5.41, 5.74) is 0.687. The Hall–Kier alpha value is -4.73. The van der Waals surface area contributed by atoms with Gasteiger partial charge in [0, 0.05) is 18.0 Å². The van der Waals surface area contributed by atoms with E-state index in [1.165, 1.54) is 37.2 Å². The number of hydrogen-bond donors (Lipinski definition) is 6. The number of Topliss-reactive ketones (excluding diaryl/α,β-unsaturated/α-hetero) is 2. The Kier molecular flexibility index (Phi) is 9.82. The highest BCUT2D eigenvalue weighted by molar-refractivity contribution is 6.24. The molecule has 1 aromatic rings. The lowest BCUT2D eigenvalue weighted by molar-refractivity contribution is -0.162. The van der Waals surface area contributed by atoms with Gasteiger partial charge in [0.2, 0.25) is 12.6 Å². The van der Waals surface area contributed by atoms with Crippen molar-refractivity contribution in [1.29, 1.82) is 0 Å². The van der Waals surface area contributed by atoms with Crippen LogP contribution in [0.1, 0.15) is 50.0 Å². The number of hydrogen-bond acceptors (Lipinski definition) is 13. The highest BCUT2D eigenvalue weighted by Gasteiger charge is 2.64. The molecule has 0 heterocycles. The fourth-order valence-corrected chi connectivity index (χ4v) is 6.71. The van der Waals surface area contributed by atoms with E-state index in [9.17, 15) is 49.5 Å². The number of fused-ring (bicyclic) bond motifs is 3. The van der Waals surface area contributed by atoms with E-state index < -0.39 is 94.2 Å². The van der Waals surface area contributed by atoms with Gasteiger partial charge in [0.25, 0.3) is 5.91 Å². The number of aliphatic hydroxyl groups is 4. The zero-order valence-corrected chi connectivity index (χ0v) is 27.3. The first-order valence-corrected chi connectivity index (χ1v) is 15.2. The van der Waals surface area contributed by atoms with Crippen LogP contribution in [0.2, 0.25) is 0 Å². The number of ether oxygens (including phenoxy) is 2. The van der Waals surface area contributed by atoms with Gasteiger partial charge in [-0.2, -0.15) is 0 Å². The van der Waals surface area contributed by atoms with E-state index in [0.717, 1.165) is 4.90 Å². The maximum Gasteiger partial charge on any atom is 0.413 e. The number of rotatable bonds is 9. The van der Waals surface area contributed by atoms with Gasteiger partial charge in [-0.05, 0) is 70.8 Å². The molecule has 3 aliphatic carbocycles. The Labute approximate surface area is 276 Å². The fraction of sp³-hybridized carbons (Fsp3) is 0.485. The second-order valence-electron chi connectivity index (χ2n) is 13.4. The van der Waals surface area contributed by atoms with Crippen LogP contribution in [0.4, 0.5) is 4.79 Å². The van der Waals surface area contributed by atoms with Gasteiger partial charge in [-0.3, -0.25) is 24.1 Å². The van der Waals surface area contributed by atoms with Crippen molar-refractivity contribution >= 4 is 35.3 Å². The van der Waals surface area contributed by atoms with E-state index in [4.69, 9.17) is 15.2 Å². The number of phenols is 1. The minimum Gasteiger partial charge on any atom is -0.508 e. The summed E-state index contributed by atoms with van der Waals surface area (Å²) in [5.74, 6) is -8.50. The molecule has 48 heavy (non-hydrogen) atoms. The lowest BCUT2D eigenvalue weighted by Crippen LogP contribution is -2.65. The number of likely N-dealkylation sites (N-methyl/N-ethyl adjacent to an activating group) is 1. The predicted octanol–water partition coefficient (Wildman–Crippen LogP) is 1.17. The van der Waals surface area contributed by atoms with Crippen LogP contribution >= 0.6 is 0 Å². The lowest BCUT2D eigenvalue weighted by atomic mass is 9.57. The average Bonchev–Trinajstić information content (AvgIpc) is 2.97. The van der Waals surface area contributed by atoms with Crippen molar-refractivity contribution in [1.82, 2.24) is 9.80 Å². The van der Waals surface area contributed by atoms with Crippen molar-refractivity contribution in [3.8, 4) is 5.75 Å². The van der Waals surface area contributed by atoms with Crippen LogP contribution in [0.5, 0.6) is 5.75 Å². The standard InChI is InChI=1S/C33H41N3O12/c1-7-10-36(31(45)48-14-47-30(44)32(2,3)4)13-20(38)16-8-9-19(37)22-17(16)11-15-12-18-24(35(5)6)26(40)23(29(34)43)28(42)33(18,46)27(41)21(15)25(22)39/h7-9,15,18,20,24,37-39,42,46H,1,10-14H2,2-6H3,(H2,34,43)/t15-,18-,20-,24-,33-/m0/s1. The maximum atomic E-state index is 14.0. The van der Waals surface area contributed by atoms with Gasteiger partial charge in [-0.1, -0.05) is 12.1 Å². The number of aromatic hydroxyl groups is 1. The molecule has 3 aliphatic rings. The summed E-state index contributed by atoms with van der Waals surface area (Å²) in [6.45, 7) is 7.41. The molecule has 15 nitrogen and oxygen atoms in total. The summed E-state index contributed by atoms with van der Waals surface area (Å²) in [4.78, 5) is 66.8. The molecule has 0 unspecified atom stereocenters. The first-order chi connectivity index (χ1) is 22.3. The quantitative estimate of drug-likeness (QED) is 0.0937. The smallest absolute Gasteiger partial charge is 0.413 e. The Balaban J connectivity index is 1.71. The van der Waals surface area contributed by atoms with Crippen molar-refractivity contribution in [2.45, 2.75) is 51.4 Å². The minimum absolute atomic E-state index is 0.0655. The number of benzene rings is 1. The number of esters is 1. The Morgan fingerprint density at radius 1 is 1.15 bits per heavy atom. The maximum absolute atomic E-state index is 14.0. The number of carbonyl (C=O) groups excluding carboxylic acids is 5. The van der Waals surface area contributed by atoms with Gasteiger partial charge in [-0.25, -0.2) is 4.79 Å². The number of amides is 2. The molecule has 15 heteroatoms. The molecule has 2 amide bonds. The monoisotopic (exact) mass is 671 g/mol. The van der Waals surface area contributed by atoms with Crippen LogP contribution in [0, 0.1) is 17.3 Å². The summed E-state index contributed by atoms with van der Waals surface area (Å²) in [5, 5.41) is 56.4. The van der Waals surface area contributed by atoms with Crippen LogP contribution in [-0.4, -0.2) is 110 Å². The summed E-state index contributed by atoms with van der Waals surface area (Å²) in [6, 6.07) is 1.31. The molecule has 0 aromatic heterocycles. The number of ketones is 2. The first-order valence-electron chi connectivity index (χ1n) is 15.2. The predicted molar refractivity (Wildman–Crippen MR) is 168 cm³/mol. The molecule has 7 N–H and O–H groups in total. The molecule has 0 bridgehead atoms. The molecule has 1 aromatic carbocycles. The summed E-state index contributed by atoms with van der Waals surface area (Å²) in [6.07, 6.45) is -1.17. The molecular formula is C33H41N3O12. The fourth-order valence-electron chi connectivity index (χ4n) is 6.71. The van der Waals surface area contributed by atoms with E-state index in [1.54, 1.807) is 20.8 Å². The summed E-state index contributed by atoms with van der Waals surface area (Å²) < 4.78 is 10.1. The van der Waals surface area contributed by atoms with Gasteiger partial charge in [0.15, 0.2) is 11.4 Å². The zero-order valence-electron chi connectivity index (χ0n) is 27.3. The van der Waals surface area contributed by atoms with Crippen molar-refractivity contribution in [3.63, 3.8) is 0 Å². The molecule has 1 fully saturated rings. The SMILES string of the molecule is C=CCN(C[C@H](O)c1ccc(O)c2c1C[C@H]1C[C@H]3[C@H](N(C)C)C(=O)C(C(N)=O)=C(O)[C@@]3(O)C(=O)C1=C2O)C(=O)OCOC(=O)C(C)(C)C. The third-order valence-electron chi connectivity index (χ3n) is 8.99. The van der Waals surface area contributed by atoms with Gasteiger partial charge >= 0.3 is 12.1 Å². The van der Waals surface area contributed by atoms with Gasteiger partial charge in [-0.15, -0.1) is 6.58 Å². The lowest BCUT2D eigenvalue weighted by Gasteiger charge is -2.50.